The number of hydrogen-bond acceptors (Lipinski definition) is 4. The number of rotatable bonds is 2. The first kappa shape index (κ1) is 14.0. The number of aliphatic hydroxyl groups excluding tert-OH is 1. The Bertz CT molecular complexity index is 167. The number of carboxylic acid groups (broad SMARTS) is 1. The second-order valence-electron chi connectivity index (χ2n) is 1.64. The van der Waals surface area contributed by atoms with E-state index in [9.17, 15) is 4.79 Å². The minimum Gasteiger partial charge on any atom is -0.480 e. The number of aliphatic hydroxyl groups is 1. The van der Waals surface area contributed by atoms with E-state index in [-0.39, 0.29) is 0 Å². The zero-order chi connectivity index (χ0) is 10.4. The maximum atomic E-state index is 9.65. The summed E-state index contributed by atoms with van der Waals surface area (Å²) in [5.74, 6) is -1.18. The summed E-state index contributed by atoms with van der Waals surface area (Å²) in [6, 6.07) is -1.13. The zero-order valence-corrected chi connectivity index (χ0v) is 6.76. The molecule has 0 fully saturated rings. The van der Waals surface area contributed by atoms with Crippen molar-refractivity contribution < 1.29 is 34.3 Å². The Kier molecular flexibility index (Phi) is 7.10. The number of phosphoric acid groups is 1. The minimum atomic E-state index is -4.64. The Hall–Kier alpha value is -0.500. The van der Waals surface area contributed by atoms with Gasteiger partial charge < -0.3 is 30.6 Å². The maximum Gasteiger partial charge on any atom is 0.466 e. The van der Waals surface area contributed by atoms with E-state index < -0.39 is 26.4 Å². The van der Waals surface area contributed by atoms with Crippen LogP contribution in [0.3, 0.4) is 0 Å². The number of carboxylic acids is 1. The quantitative estimate of drug-likeness (QED) is 0.267. The van der Waals surface area contributed by atoms with Crippen LogP contribution in [-0.2, 0) is 9.36 Å². The summed E-state index contributed by atoms with van der Waals surface area (Å²) in [5.41, 5.74) is 4.77. The molecule has 0 aromatic heterocycles. The number of aliphatic carboxylic acids is 1. The van der Waals surface area contributed by atoms with Gasteiger partial charge >= 0.3 is 13.8 Å². The van der Waals surface area contributed by atoms with Gasteiger partial charge in [-0.2, -0.15) is 0 Å². The minimum absolute atomic E-state index is 0.505. The van der Waals surface area contributed by atoms with Gasteiger partial charge in [0, 0.05) is 0 Å². The maximum absolute atomic E-state index is 9.65. The molecule has 7 N–H and O–H groups in total. The van der Waals surface area contributed by atoms with Crippen molar-refractivity contribution in [3.05, 3.63) is 0 Å². The van der Waals surface area contributed by atoms with Gasteiger partial charge in [0.15, 0.2) is 0 Å². The molecule has 0 amide bonds. The molecule has 0 aliphatic carbocycles. The fourth-order valence-electron chi connectivity index (χ4n) is 0.0781. The van der Waals surface area contributed by atoms with Crippen molar-refractivity contribution >= 4 is 13.8 Å². The van der Waals surface area contributed by atoms with Gasteiger partial charge in [0.05, 0.1) is 6.61 Å². The Morgan fingerprint density at radius 1 is 1.42 bits per heavy atom. The zero-order valence-electron chi connectivity index (χ0n) is 5.86. The van der Waals surface area contributed by atoms with Crippen LogP contribution in [0.15, 0.2) is 0 Å². The lowest BCUT2D eigenvalue weighted by Gasteiger charge is -1.96. The van der Waals surface area contributed by atoms with Gasteiger partial charge in [-0.25, -0.2) is 4.57 Å². The number of carbonyl (C=O) groups is 1. The molecule has 0 bridgehead atoms. The van der Waals surface area contributed by atoms with Gasteiger partial charge in [-0.3, -0.25) is 4.79 Å². The topological polar surface area (TPSA) is 161 Å². The largest absolute Gasteiger partial charge is 0.480 e. The normalized spacial score (nSPS) is 12.8. The fraction of sp³-hybridized carbons (Fsp3) is 0.667. The molecule has 0 radical (unpaired) electrons. The van der Waals surface area contributed by atoms with Crippen molar-refractivity contribution in [3.8, 4) is 0 Å². The van der Waals surface area contributed by atoms with Crippen LogP contribution < -0.4 is 5.73 Å². The van der Waals surface area contributed by atoms with Crippen LogP contribution >= 0.6 is 7.82 Å². The van der Waals surface area contributed by atoms with E-state index in [2.05, 4.69) is 0 Å². The Morgan fingerprint density at radius 3 is 1.67 bits per heavy atom. The predicted octanol–water partition coefficient (Wildman–Crippen LogP) is -2.54. The van der Waals surface area contributed by atoms with E-state index in [1.54, 1.807) is 0 Å². The van der Waals surface area contributed by atoms with Gasteiger partial charge in [0.25, 0.3) is 0 Å². The third-order valence-corrected chi connectivity index (χ3v) is 0.514. The Balaban J connectivity index is 0. The molecule has 0 heterocycles. The summed E-state index contributed by atoms with van der Waals surface area (Å²) in [4.78, 5) is 31.2. The van der Waals surface area contributed by atoms with E-state index in [1.165, 1.54) is 0 Å². The molecule has 0 aliphatic heterocycles. The molecule has 0 aromatic rings. The summed E-state index contributed by atoms with van der Waals surface area (Å²) in [7, 11) is -4.64. The lowest BCUT2D eigenvalue weighted by molar-refractivity contribution is -0.139. The molecule has 9 heteroatoms. The van der Waals surface area contributed by atoms with E-state index in [1.807, 2.05) is 0 Å². The van der Waals surface area contributed by atoms with Crippen molar-refractivity contribution in [2.24, 2.45) is 5.73 Å². The average Bonchev–Trinajstić information content (AvgIpc) is 1.82. The first-order chi connectivity index (χ1) is 5.18. The van der Waals surface area contributed by atoms with E-state index in [4.69, 9.17) is 35.2 Å². The van der Waals surface area contributed by atoms with Crippen LogP contribution in [0.2, 0.25) is 0 Å². The van der Waals surface area contributed by atoms with Crippen LogP contribution in [0, 0.1) is 0 Å². The molecule has 8 nitrogen and oxygen atoms in total. The molecule has 0 spiro atoms. The van der Waals surface area contributed by atoms with Gasteiger partial charge in [-0.1, -0.05) is 0 Å². The fourth-order valence-corrected chi connectivity index (χ4v) is 0.0781. The molecule has 0 saturated carbocycles. The highest BCUT2D eigenvalue weighted by Gasteiger charge is 2.07. The van der Waals surface area contributed by atoms with Crippen molar-refractivity contribution in [2.45, 2.75) is 6.04 Å². The summed E-state index contributed by atoms with van der Waals surface area (Å²) < 4.78 is 8.88. The molecular formula is C3H10NO7P. The third-order valence-electron chi connectivity index (χ3n) is 0.514. The number of hydrogen-bond donors (Lipinski definition) is 6. The van der Waals surface area contributed by atoms with Crippen molar-refractivity contribution in [3.63, 3.8) is 0 Å². The van der Waals surface area contributed by atoms with E-state index >= 15 is 0 Å². The van der Waals surface area contributed by atoms with Gasteiger partial charge in [0.2, 0.25) is 0 Å². The third kappa shape index (κ3) is 22.7. The molecule has 0 aromatic carbocycles. The smallest absolute Gasteiger partial charge is 0.466 e. The van der Waals surface area contributed by atoms with E-state index in [0.29, 0.717) is 0 Å². The molecule has 0 saturated heterocycles. The highest BCUT2D eigenvalue weighted by atomic mass is 31.2. The Labute approximate surface area is 67.5 Å². The van der Waals surface area contributed by atoms with Crippen LogP contribution in [0.4, 0.5) is 0 Å². The SMILES string of the molecule is N[C@@H](CO)C(=O)O.O=P(O)(O)O. The molecule has 0 rings (SSSR count). The predicted molar refractivity (Wildman–Crippen MR) is 37.0 cm³/mol. The second-order valence-corrected chi connectivity index (χ2v) is 2.67. The Morgan fingerprint density at radius 2 is 1.67 bits per heavy atom. The van der Waals surface area contributed by atoms with Crippen LogP contribution in [0.1, 0.15) is 0 Å². The lowest BCUT2D eigenvalue weighted by Crippen LogP contribution is -2.33. The van der Waals surface area contributed by atoms with Crippen molar-refractivity contribution in [1.82, 2.24) is 0 Å². The standard InChI is InChI=1S/C3H7NO3.H3O4P/c4-2(1-5)3(6)7;1-5(2,3)4/h2,5H,1,4H2,(H,6,7);(H3,1,2,3,4)/t2-;/m0./s1. The summed E-state index contributed by atoms with van der Waals surface area (Å²) in [5, 5.41) is 15.9. The van der Waals surface area contributed by atoms with Gasteiger partial charge in [0.1, 0.15) is 6.04 Å². The van der Waals surface area contributed by atoms with Crippen molar-refractivity contribution in [2.75, 3.05) is 6.61 Å². The molecular weight excluding hydrogens is 193 g/mol. The van der Waals surface area contributed by atoms with Crippen molar-refractivity contribution in [1.29, 1.82) is 0 Å². The highest BCUT2D eigenvalue weighted by molar-refractivity contribution is 7.45. The lowest BCUT2D eigenvalue weighted by atomic mass is 10.3. The summed E-state index contributed by atoms with van der Waals surface area (Å²) >= 11 is 0. The highest BCUT2D eigenvalue weighted by Crippen LogP contribution is 2.25. The summed E-state index contributed by atoms with van der Waals surface area (Å²) in [6.45, 7) is -0.505. The average molecular weight is 203 g/mol. The molecule has 0 aliphatic rings. The van der Waals surface area contributed by atoms with Crippen LogP contribution in [0.5, 0.6) is 0 Å². The van der Waals surface area contributed by atoms with Crippen LogP contribution in [-0.4, -0.2) is 43.5 Å². The number of nitrogens with two attached hydrogens (primary N) is 1. The molecule has 1 atom stereocenters. The molecule has 74 valence electrons. The second kappa shape index (κ2) is 6.06. The van der Waals surface area contributed by atoms with E-state index in [0.717, 1.165) is 0 Å². The first-order valence-electron chi connectivity index (χ1n) is 2.56. The van der Waals surface area contributed by atoms with Gasteiger partial charge in [-0.05, 0) is 0 Å². The monoisotopic (exact) mass is 203 g/mol. The molecule has 0 unspecified atom stereocenters. The summed E-state index contributed by atoms with van der Waals surface area (Å²) in [6.07, 6.45) is 0. The van der Waals surface area contributed by atoms with Crippen LogP contribution in [0.25, 0.3) is 0 Å². The first-order valence-corrected chi connectivity index (χ1v) is 4.12. The van der Waals surface area contributed by atoms with Gasteiger partial charge in [-0.15, -0.1) is 0 Å². The molecule has 12 heavy (non-hydrogen) atoms.